The van der Waals surface area contributed by atoms with Gasteiger partial charge in [0.05, 0.1) is 25.6 Å². The molecule has 6 aromatic heterocycles. The topological polar surface area (TPSA) is 238 Å². The van der Waals surface area contributed by atoms with Crippen molar-refractivity contribution in [3.05, 3.63) is 112 Å². The smallest absolute Gasteiger partial charge is 0.354 e. The number of carbonyl (C=O) groups excluding carboxylic acids is 6. The van der Waals surface area contributed by atoms with Crippen LogP contribution in [0.4, 0.5) is 17.2 Å². The molecule has 5 N–H and O–H groups in total. The molecule has 0 saturated heterocycles. The summed E-state index contributed by atoms with van der Waals surface area (Å²) in [5, 5.41) is 8.04. The molecule has 0 spiro atoms. The fourth-order valence-corrected chi connectivity index (χ4v) is 5.87. The lowest BCUT2D eigenvalue weighted by Crippen LogP contribution is -2.17. The van der Waals surface area contributed by atoms with Gasteiger partial charge in [-0.3, -0.25) is 19.2 Å². The van der Waals surface area contributed by atoms with Crippen molar-refractivity contribution in [2.45, 2.75) is 0 Å². The van der Waals surface area contributed by atoms with Gasteiger partial charge in [0.15, 0.2) is 11.6 Å². The zero-order valence-corrected chi connectivity index (χ0v) is 34.4. The van der Waals surface area contributed by atoms with Gasteiger partial charge < -0.3 is 58.6 Å². The highest BCUT2D eigenvalue weighted by molar-refractivity contribution is 14.1. The number of primary amides is 1. The van der Waals surface area contributed by atoms with Gasteiger partial charge in [-0.15, -0.1) is 0 Å². The third kappa shape index (κ3) is 10.7. The van der Waals surface area contributed by atoms with E-state index in [1.54, 1.807) is 133 Å². The lowest BCUT2D eigenvalue weighted by atomic mass is 10.4. The number of aryl methyl sites for hydroxylation is 6. The molecule has 6 aromatic rings. The number of imidazole rings is 2. The highest BCUT2D eigenvalue weighted by Crippen LogP contribution is 2.17. The predicted octanol–water partition coefficient (Wildman–Crippen LogP) is 2.91. The van der Waals surface area contributed by atoms with Crippen LogP contribution in [-0.4, -0.2) is 87.2 Å². The van der Waals surface area contributed by atoms with E-state index in [1.807, 2.05) is 22.6 Å². The molecule has 57 heavy (non-hydrogen) atoms. The van der Waals surface area contributed by atoms with Crippen molar-refractivity contribution < 1.29 is 38.2 Å². The van der Waals surface area contributed by atoms with E-state index in [9.17, 15) is 28.8 Å². The van der Waals surface area contributed by atoms with Crippen LogP contribution >= 0.6 is 22.6 Å². The van der Waals surface area contributed by atoms with E-state index in [0.29, 0.717) is 40.0 Å². The number of esters is 2. The number of nitrogens with one attached hydrogen (secondary N) is 3. The summed E-state index contributed by atoms with van der Waals surface area (Å²) in [5.41, 5.74) is 7.59. The zero-order chi connectivity index (χ0) is 42.1. The summed E-state index contributed by atoms with van der Waals surface area (Å²) in [6.45, 7) is 0. The van der Waals surface area contributed by atoms with Crippen molar-refractivity contribution in [1.29, 1.82) is 0 Å². The lowest BCUT2D eigenvalue weighted by Gasteiger charge is -2.03. The van der Waals surface area contributed by atoms with Gasteiger partial charge in [-0.2, -0.15) is 0 Å². The van der Waals surface area contributed by atoms with E-state index in [0.717, 1.165) is 3.70 Å². The fourth-order valence-electron chi connectivity index (χ4n) is 5.23. The molecule has 6 heterocycles. The Bertz CT molecular complexity index is 2440. The number of halogens is 1. The number of hydrogen-bond acceptors (Lipinski definition) is 10. The number of nitrogens with zero attached hydrogens (tertiary/aromatic N) is 8. The number of carbonyl (C=O) groups is 6. The first-order chi connectivity index (χ1) is 26.9. The van der Waals surface area contributed by atoms with Crippen molar-refractivity contribution >= 4 is 75.4 Å². The van der Waals surface area contributed by atoms with Gasteiger partial charge in [0.25, 0.3) is 23.6 Å². The van der Waals surface area contributed by atoms with Crippen LogP contribution in [0.1, 0.15) is 63.2 Å². The molecule has 0 fully saturated rings. The summed E-state index contributed by atoms with van der Waals surface area (Å²) in [4.78, 5) is 78.9. The van der Waals surface area contributed by atoms with Gasteiger partial charge in [0, 0.05) is 79.5 Å². The fraction of sp³-hybridized carbons (Fsp3) is 0.222. The molecule has 21 heteroatoms. The third-order valence-corrected chi connectivity index (χ3v) is 8.58. The van der Waals surface area contributed by atoms with Gasteiger partial charge >= 0.3 is 11.9 Å². The molecule has 6 rings (SSSR count). The van der Waals surface area contributed by atoms with Crippen molar-refractivity contribution in [2.24, 2.45) is 48.0 Å². The average Bonchev–Trinajstić information content (AvgIpc) is 4.02. The van der Waals surface area contributed by atoms with Crippen LogP contribution in [0.2, 0.25) is 0 Å². The van der Waals surface area contributed by atoms with Crippen molar-refractivity contribution in [2.75, 3.05) is 30.2 Å². The molecule has 0 radical (unpaired) electrons. The van der Waals surface area contributed by atoms with Gasteiger partial charge in [-0.05, 0) is 59.0 Å². The summed E-state index contributed by atoms with van der Waals surface area (Å²) in [7, 11) is 12.9. The molecule has 300 valence electrons. The van der Waals surface area contributed by atoms with Crippen LogP contribution in [0, 0.1) is 3.70 Å². The summed E-state index contributed by atoms with van der Waals surface area (Å²) in [6, 6.07) is 9.96. The van der Waals surface area contributed by atoms with Crippen molar-refractivity contribution in [1.82, 2.24) is 37.4 Å². The first-order valence-electron chi connectivity index (χ1n) is 16.6. The number of rotatable bonds is 9. The SMILES string of the molecule is COC(=O)c1cc(NC(=O)c2nc(I)cn2C)cn1C.COC(=O)c1cc(NC(=O)c2nc(NC(=O)c3cccn3C)cn2C)cn1C.Cn1cccc1C(N)=O. The molecule has 0 bridgehead atoms. The second-order valence-corrected chi connectivity index (χ2v) is 13.3. The highest BCUT2D eigenvalue weighted by atomic mass is 127. The van der Waals surface area contributed by atoms with Crippen LogP contribution < -0.4 is 21.7 Å². The van der Waals surface area contributed by atoms with Crippen molar-refractivity contribution in [3.63, 3.8) is 0 Å². The standard InChI is InChI=1S/C18H20N6O4.C12H13IN4O3.C6H8N2O/c1-22-7-5-6-12(22)16(25)21-14-10-24(3)15(20-14)17(26)19-11-8-13(18(27)28-4)23(2)9-11;1-16-5-7(4-8(16)12(19)20-3)14-11(18)10-15-9(13)6-17(10)2;1-8-4-2-3-5(8)6(7)9/h5-10H,1-4H3,(H,19,26)(H,21,25);4-6H,1-3H3,(H,14,18);2-4H,1H3,(H2,7,9). The number of hydrogen-bond donors (Lipinski definition) is 4. The molecule has 0 aromatic carbocycles. The molecular weight excluding hydrogens is 855 g/mol. The first-order valence-corrected chi connectivity index (χ1v) is 17.7. The number of anilines is 3. The van der Waals surface area contributed by atoms with Gasteiger partial charge in [0.1, 0.15) is 26.5 Å². The van der Waals surface area contributed by atoms with E-state index in [-0.39, 0.29) is 29.4 Å². The van der Waals surface area contributed by atoms with Gasteiger partial charge in [0.2, 0.25) is 5.82 Å². The van der Waals surface area contributed by atoms with E-state index < -0.39 is 17.8 Å². The highest BCUT2D eigenvalue weighted by Gasteiger charge is 2.20. The maximum absolute atomic E-state index is 12.5. The second-order valence-electron chi connectivity index (χ2n) is 12.2. The minimum atomic E-state index is -0.509. The summed E-state index contributed by atoms with van der Waals surface area (Å²) >= 11 is 2.04. The third-order valence-electron chi connectivity index (χ3n) is 8.06. The molecular formula is C36H41IN12O8. The Hall–Kier alpha value is -6.91. The van der Waals surface area contributed by atoms with Crippen LogP contribution in [0.15, 0.2) is 73.6 Å². The molecule has 4 amide bonds. The molecule has 0 aliphatic carbocycles. The predicted molar refractivity (Wildman–Crippen MR) is 216 cm³/mol. The van der Waals surface area contributed by atoms with E-state index in [2.05, 4.69) is 35.4 Å². The Labute approximate surface area is 339 Å². The monoisotopic (exact) mass is 896 g/mol. The first kappa shape index (κ1) is 42.8. The van der Waals surface area contributed by atoms with E-state index in [4.69, 9.17) is 5.73 Å². The van der Waals surface area contributed by atoms with Crippen LogP contribution in [0.25, 0.3) is 0 Å². The second kappa shape index (κ2) is 18.6. The maximum Gasteiger partial charge on any atom is 0.354 e. The molecule has 0 atom stereocenters. The maximum atomic E-state index is 12.5. The van der Waals surface area contributed by atoms with Gasteiger partial charge in [-0.1, -0.05) is 0 Å². The number of nitrogens with two attached hydrogens (primary N) is 1. The molecule has 0 saturated carbocycles. The Morgan fingerprint density at radius 3 is 1.42 bits per heavy atom. The average molecular weight is 897 g/mol. The van der Waals surface area contributed by atoms with E-state index >= 15 is 0 Å². The summed E-state index contributed by atoms with van der Waals surface area (Å²) in [5.74, 6) is -1.84. The minimum Gasteiger partial charge on any atom is -0.464 e. The van der Waals surface area contributed by atoms with Crippen LogP contribution in [0.3, 0.4) is 0 Å². The Kier molecular flexibility index (Phi) is 14.0. The zero-order valence-electron chi connectivity index (χ0n) is 32.2. The lowest BCUT2D eigenvalue weighted by molar-refractivity contribution is 0.0581. The Balaban J connectivity index is 0.000000215. The summed E-state index contributed by atoms with van der Waals surface area (Å²) in [6.07, 6.45) is 10.1. The normalized spacial score (nSPS) is 10.3. The largest absolute Gasteiger partial charge is 0.464 e. The van der Waals surface area contributed by atoms with E-state index in [1.165, 1.54) is 24.9 Å². The number of aromatic nitrogens is 8. The molecule has 20 nitrogen and oxygen atoms in total. The van der Waals surface area contributed by atoms with Crippen LogP contribution in [-0.2, 0) is 51.8 Å². The minimum absolute atomic E-state index is 0.102. The van der Waals surface area contributed by atoms with Gasteiger partial charge in [-0.25, -0.2) is 19.6 Å². The molecule has 0 aliphatic heterocycles. The van der Waals surface area contributed by atoms with Crippen molar-refractivity contribution in [3.8, 4) is 0 Å². The molecule has 0 aliphatic rings. The Morgan fingerprint density at radius 1 is 0.579 bits per heavy atom. The number of ether oxygens (including phenoxy) is 2. The Morgan fingerprint density at radius 2 is 1.04 bits per heavy atom. The summed E-state index contributed by atoms with van der Waals surface area (Å²) < 4.78 is 19.7. The number of methoxy groups -OCH3 is 2. The van der Waals surface area contributed by atoms with Crippen LogP contribution in [0.5, 0.6) is 0 Å². The quantitative estimate of drug-likeness (QED) is 0.122. The number of amides is 4. The molecule has 0 unspecified atom stereocenters.